The lowest BCUT2D eigenvalue weighted by atomic mass is 10.1. The van der Waals surface area contributed by atoms with E-state index >= 15 is 0 Å². The number of aliphatic imine (C=N–C) groups is 2. The summed E-state index contributed by atoms with van der Waals surface area (Å²) in [6.07, 6.45) is -2.07. The SMILES string of the molecule is CC(F)(F)C(CN=C=O)OC(CN=C=O)C(C)(F)F. The van der Waals surface area contributed by atoms with E-state index in [4.69, 9.17) is 0 Å². The summed E-state index contributed by atoms with van der Waals surface area (Å²) in [6, 6.07) is 0. The van der Waals surface area contributed by atoms with E-state index in [1.165, 1.54) is 0 Å². The number of ether oxygens (including phenoxy) is 1. The second-order valence-corrected chi connectivity index (χ2v) is 3.89. The molecule has 0 spiro atoms. The number of carbonyl (C=O) groups excluding carboxylic acids is 2. The van der Waals surface area contributed by atoms with Crippen LogP contribution in [0.15, 0.2) is 9.98 Å². The molecule has 0 aliphatic carbocycles. The minimum atomic E-state index is -3.51. The van der Waals surface area contributed by atoms with Gasteiger partial charge in [-0.15, -0.1) is 0 Å². The third-order valence-electron chi connectivity index (χ3n) is 2.10. The van der Waals surface area contributed by atoms with E-state index < -0.39 is 37.1 Å². The van der Waals surface area contributed by atoms with Crippen molar-refractivity contribution in [1.29, 1.82) is 0 Å². The first-order valence-corrected chi connectivity index (χ1v) is 5.11. The highest BCUT2D eigenvalue weighted by Crippen LogP contribution is 2.27. The van der Waals surface area contributed by atoms with Gasteiger partial charge < -0.3 is 4.74 Å². The van der Waals surface area contributed by atoms with Crippen LogP contribution in [0.3, 0.4) is 0 Å². The fourth-order valence-corrected chi connectivity index (χ4v) is 1.08. The van der Waals surface area contributed by atoms with Crippen molar-refractivity contribution in [2.75, 3.05) is 13.1 Å². The zero-order valence-corrected chi connectivity index (χ0v) is 10.2. The quantitative estimate of drug-likeness (QED) is 0.387. The monoisotopic (exact) mass is 284 g/mol. The first-order chi connectivity index (χ1) is 8.62. The molecule has 0 heterocycles. The van der Waals surface area contributed by atoms with Crippen LogP contribution >= 0.6 is 0 Å². The standard InChI is InChI=1S/C10H12F4N2O3/c1-9(11,12)7(3-15-5-17)19-8(4-16-6-18)10(2,13)14/h7-8H,3-4H2,1-2H3. The van der Waals surface area contributed by atoms with Gasteiger partial charge in [-0.05, 0) is 0 Å². The number of isocyanates is 2. The number of alkyl halides is 4. The molecule has 0 aliphatic rings. The number of rotatable bonds is 8. The smallest absolute Gasteiger partial charge is 0.272 e. The maximum atomic E-state index is 13.1. The lowest BCUT2D eigenvalue weighted by molar-refractivity contribution is -0.195. The summed E-state index contributed by atoms with van der Waals surface area (Å²) in [6.45, 7) is -0.785. The van der Waals surface area contributed by atoms with Crippen LogP contribution in [0.25, 0.3) is 0 Å². The van der Waals surface area contributed by atoms with E-state index in [0.717, 1.165) is 12.2 Å². The Labute approximate surface area is 106 Å². The maximum Gasteiger partial charge on any atom is 0.272 e. The predicted octanol–water partition coefficient (Wildman–Crippen LogP) is 1.72. The molecule has 108 valence electrons. The van der Waals surface area contributed by atoms with Crippen molar-refractivity contribution in [3.8, 4) is 0 Å². The van der Waals surface area contributed by atoms with Gasteiger partial charge in [-0.3, -0.25) is 0 Å². The number of hydrogen-bond acceptors (Lipinski definition) is 5. The largest absolute Gasteiger partial charge is 0.359 e. The number of hydrogen-bond donors (Lipinski definition) is 0. The molecule has 19 heavy (non-hydrogen) atoms. The van der Waals surface area contributed by atoms with Crippen LogP contribution in [0, 0.1) is 0 Å². The minimum absolute atomic E-state index is 0.436. The van der Waals surface area contributed by atoms with Crippen molar-refractivity contribution in [3.63, 3.8) is 0 Å². The summed E-state index contributed by atoms with van der Waals surface area (Å²) < 4.78 is 57.0. The highest BCUT2D eigenvalue weighted by molar-refractivity contribution is 5.33. The second-order valence-electron chi connectivity index (χ2n) is 3.89. The Balaban J connectivity index is 5.02. The Morgan fingerprint density at radius 3 is 1.47 bits per heavy atom. The summed E-state index contributed by atoms with van der Waals surface area (Å²) in [4.78, 5) is 25.5. The Hall–Kier alpha value is -1.56. The van der Waals surface area contributed by atoms with Gasteiger partial charge in [0.2, 0.25) is 12.2 Å². The van der Waals surface area contributed by atoms with Gasteiger partial charge >= 0.3 is 0 Å². The molecule has 9 heteroatoms. The lowest BCUT2D eigenvalue weighted by Gasteiger charge is -2.29. The van der Waals surface area contributed by atoms with Crippen LogP contribution in [0.1, 0.15) is 13.8 Å². The molecule has 0 N–H and O–H groups in total. The van der Waals surface area contributed by atoms with Gasteiger partial charge in [-0.25, -0.2) is 37.1 Å². The Morgan fingerprint density at radius 1 is 0.947 bits per heavy atom. The summed E-state index contributed by atoms with van der Waals surface area (Å²) in [5.41, 5.74) is 0. The van der Waals surface area contributed by atoms with Gasteiger partial charge in [0.15, 0.2) is 0 Å². The zero-order chi connectivity index (χ0) is 15.1. The van der Waals surface area contributed by atoms with E-state index in [2.05, 4.69) is 14.7 Å². The molecule has 0 saturated heterocycles. The molecule has 0 aromatic heterocycles. The van der Waals surface area contributed by atoms with Crippen LogP contribution in [0.5, 0.6) is 0 Å². The van der Waals surface area contributed by atoms with Gasteiger partial charge in [0.05, 0.1) is 13.1 Å². The predicted molar refractivity (Wildman–Crippen MR) is 55.9 cm³/mol. The van der Waals surface area contributed by atoms with Crippen LogP contribution in [0.4, 0.5) is 17.6 Å². The van der Waals surface area contributed by atoms with E-state index in [0.29, 0.717) is 13.8 Å². The van der Waals surface area contributed by atoms with Gasteiger partial charge in [0.1, 0.15) is 12.2 Å². The Morgan fingerprint density at radius 2 is 1.26 bits per heavy atom. The summed E-state index contributed by atoms with van der Waals surface area (Å²) >= 11 is 0. The third-order valence-corrected chi connectivity index (χ3v) is 2.10. The van der Waals surface area contributed by atoms with Gasteiger partial charge in [-0.1, -0.05) is 0 Å². The van der Waals surface area contributed by atoms with Crippen LogP contribution in [0.2, 0.25) is 0 Å². The fourth-order valence-electron chi connectivity index (χ4n) is 1.08. The van der Waals surface area contributed by atoms with Crippen molar-refractivity contribution in [2.24, 2.45) is 9.98 Å². The second kappa shape index (κ2) is 7.13. The van der Waals surface area contributed by atoms with Crippen molar-refractivity contribution in [2.45, 2.75) is 37.9 Å². The molecule has 0 radical (unpaired) electrons. The zero-order valence-electron chi connectivity index (χ0n) is 10.2. The van der Waals surface area contributed by atoms with Crippen molar-refractivity contribution < 1.29 is 31.9 Å². The highest BCUT2D eigenvalue weighted by Gasteiger charge is 2.43. The fraction of sp³-hybridized carbons (Fsp3) is 0.800. The molecule has 5 nitrogen and oxygen atoms in total. The number of nitrogens with zero attached hydrogens (tertiary/aromatic N) is 2. The van der Waals surface area contributed by atoms with E-state index in [9.17, 15) is 27.2 Å². The molecule has 0 aromatic carbocycles. The third kappa shape index (κ3) is 6.81. The molecule has 2 atom stereocenters. The first-order valence-electron chi connectivity index (χ1n) is 5.11. The molecule has 0 saturated carbocycles. The molecule has 0 bridgehead atoms. The van der Waals surface area contributed by atoms with Crippen molar-refractivity contribution >= 4 is 12.2 Å². The molecular weight excluding hydrogens is 272 g/mol. The molecule has 0 rings (SSSR count). The highest BCUT2D eigenvalue weighted by atomic mass is 19.3. The Bertz CT molecular complexity index is 343. The average molecular weight is 284 g/mol. The molecule has 0 aromatic rings. The topological polar surface area (TPSA) is 68.1 Å². The van der Waals surface area contributed by atoms with Crippen molar-refractivity contribution in [1.82, 2.24) is 0 Å². The molecule has 0 amide bonds. The van der Waals surface area contributed by atoms with Crippen LogP contribution in [-0.2, 0) is 14.3 Å². The van der Waals surface area contributed by atoms with Gasteiger partial charge in [-0.2, -0.15) is 0 Å². The van der Waals surface area contributed by atoms with E-state index in [-0.39, 0.29) is 0 Å². The number of halogens is 4. The van der Waals surface area contributed by atoms with Crippen LogP contribution in [-0.4, -0.2) is 49.3 Å². The molecular formula is C10H12F4N2O3. The van der Waals surface area contributed by atoms with E-state index in [1.807, 2.05) is 0 Å². The molecule has 0 aliphatic heterocycles. The van der Waals surface area contributed by atoms with Gasteiger partial charge in [0.25, 0.3) is 11.8 Å². The summed E-state index contributed by atoms with van der Waals surface area (Å²) in [5.74, 6) is -7.01. The minimum Gasteiger partial charge on any atom is -0.359 e. The first kappa shape index (κ1) is 17.4. The summed E-state index contributed by atoms with van der Waals surface area (Å²) in [7, 11) is 0. The lowest BCUT2D eigenvalue weighted by Crippen LogP contribution is -2.45. The van der Waals surface area contributed by atoms with Gasteiger partial charge in [0, 0.05) is 13.8 Å². The molecule has 0 fully saturated rings. The normalized spacial score (nSPS) is 15.1. The summed E-state index contributed by atoms with van der Waals surface area (Å²) in [5, 5.41) is 0. The Kier molecular flexibility index (Phi) is 6.55. The van der Waals surface area contributed by atoms with Crippen LogP contribution < -0.4 is 0 Å². The maximum absolute atomic E-state index is 13.1. The molecule has 2 unspecified atom stereocenters. The van der Waals surface area contributed by atoms with E-state index in [1.54, 1.807) is 0 Å². The average Bonchev–Trinajstić information content (AvgIpc) is 2.24. The van der Waals surface area contributed by atoms with Crippen molar-refractivity contribution in [3.05, 3.63) is 0 Å².